The summed E-state index contributed by atoms with van der Waals surface area (Å²) in [7, 11) is 0. The molecule has 4 heteroatoms. The van der Waals surface area contributed by atoms with Crippen LogP contribution in [-0.2, 0) is 6.42 Å². The number of aromatic hydroxyl groups is 1. The molecule has 2 aromatic carbocycles. The molecule has 2 aromatic rings. The van der Waals surface area contributed by atoms with Gasteiger partial charge in [0.25, 0.3) is 0 Å². The van der Waals surface area contributed by atoms with Crippen LogP contribution in [0.1, 0.15) is 11.1 Å². The van der Waals surface area contributed by atoms with Crippen molar-refractivity contribution >= 4 is 23.2 Å². The smallest absolute Gasteiger partial charge is 0.142 e. The fourth-order valence-corrected chi connectivity index (χ4v) is 2.05. The van der Waals surface area contributed by atoms with Crippen LogP contribution in [0.4, 0.5) is 4.39 Å². The largest absolute Gasteiger partial charge is 0.508 e. The summed E-state index contributed by atoms with van der Waals surface area (Å²) in [6.45, 7) is 0. The Hall–Kier alpha value is -1.25. The van der Waals surface area contributed by atoms with Crippen molar-refractivity contribution in [2.75, 3.05) is 0 Å². The fraction of sp³-hybridized carbons (Fsp3) is 0.0769. The normalized spacial score (nSPS) is 10.5. The van der Waals surface area contributed by atoms with Gasteiger partial charge in [-0.1, -0.05) is 35.3 Å². The maximum absolute atomic E-state index is 13.3. The minimum Gasteiger partial charge on any atom is -0.508 e. The number of hydrogen-bond donors (Lipinski definition) is 1. The number of benzene rings is 2. The van der Waals surface area contributed by atoms with Crippen LogP contribution in [0.25, 0.3) is 0 Å². The molecule has 1 N–H and O–H groups in total. The zero-order valence-corrected chi connectivity index (χ0v) is 10.3. The minimum atomic E-state index is -0.482. The van der Waals surface area contributed by atoms with E-state index in [-0.39, 0.29) is 10.8 Å². The summed E-state index contributed by atoms with van der Waals surface area (Å²) in [5, 5.41) is 9.65. The Morgan fingerprint density at radius 3 is 2.29 bits per heavy atom. The van der Waals surface area contributed by atoms with Gasteiger partial charge in [-0.25, -0.2) is 4.39 Å². The Morgan fingerprint density at radius 2 is 1.65 bits per heavy atom. The lowest BCUT2D eigenvalue weighted by Crippen LogP contribution is -1.93. The van der Waals surface area contributed by atoms with Crippen LogP contribution < -0.4 is 0 Å². The number of phenolic OH excluding ortho intramolecular Hbond substituents is 1. The summed E-state index contributed by atoms with van der Waals surface area (Å²) in [5.41, 5.74) is 1.45. The molecule has 0 heterocycles. The summed E-state index contributed by atoms with van der Waals surface area (Å²) < 4.78 is 13.3. The summed E-state index contributed by atoms with van der Waals surface area (Å²) in [5.74, 6) is -0.296. The summed E-state index contributed by atoms with van der Waals surface area (Å²) in [6.07, 6.45) is 0.426. The van der Waals surface area contributed by atoms with Crippen LogP contribution in [0.3, 0.4) is 0 Å². The molecule has 2 rings (SSSR count). The lowest BCUT2D eigenvalue weighted by atomic mass is 10.0. The standard InChI is InChI=1S/C13H9Cl2FO/c14-11-5-6-12(16)13(15)10(11)7-8-1-3-9(17)4-2-8/h1-6,17H,7H2. The molecule has 0 amide bonds. The van der Waals surface area contributed by atoms with Crippen LogP contribution in [0.2, 0.25) is 10.0 Å². The van der Waals surface area contributed by atoms with Gasteiger partial charge in [0.05, 0.1) is 5.02 Å². The van der Waals surface area contributed by atoms with Crippen molar-refractivity contribution in [1.82, 2.24) is 0 Å². The van der Waals surface area contributed by atoms with E-state index in [0.717, 1.165) is 5.56 Å². The highest BCUT2D eigenvalue weighted by Gasteiger charge is 2.11. The molecule has 17 heavy (non-hydrogen) atoms. The van der Waals surface area contributed by atoms with Gasteiger partial charge in [-0.3, -0.25) is 0 Å². The number of rotatable bonds is 2. The Labute approximate surface area is 108 Å². The van der Waals surface area contributed by atoms with Gasteiger partial charge in [0.15, 0.2) is 0 Å². The molecule has 0 aliphatic carbocycles. The summed E-state index contributed by atoms with van der Waals surface area (Å²) in [6, 6.07) is 9.34. The van der Waals surface area contributed by atoms with E-state index < -0.39 is 5.82 Å². The average molecular weight is 271 g/mol. The predicted molar refractivity (Wildman–Crippen MR) is 67.3 cm³/mol. The molecule has 0 bridgehead atoms. The fourth-order valence-electron chi connectivity index (χ4n) is 1.55. The average Bonchev–Trinajstić information content (AvgIpc) is 2.32. The van der Waals surface area contributed by atoms with Gasteiger partial charge >= 0.3 is 0 Å². The van der Waals surface area contributed by atoms with Crippen molar-refractivity contribution in [1.29, 1.82) is 0 Å². The first-order valence-corrected chi connectivity index (χ1v) is 5.74. The lowest BCUT2D eigenvalue weighted by molar-refractivity contribution is 0.475. The number of halogens is 3. The first-order chi connectivity index (χ1) is 8.08. The van der Waals surface area contributed by atoms with E-state index in [2.05, 4.69) is 0 Å². The maximum Gasteiger partial charge on any atom is 0.142 e. The van der Waals surface area contributed by atoms with Crippen molar-refractivity contribution in [3.8, 4) is 5.75 Å². The zero-order valence-electron chi connectivity index (χ0n) is 8.75. The molecular weight excluding hydrogens is 262 g/mol. The van der Waals surface area contributed by atoms with Crippen molar-refractivity contribution in [2.45, 2.75) is 6.42 Å². The minimum absolute atomic E-state index is 0.0468. The third kappa shape index (κ3) is 2.71. The highest BCUT2D eigenvalue weighted by Crippen LogP contribution is 2.29. The Bertz CT molecular complexity index is 538. The first-order valence-electron chi connectivity index (χ1n) is 4.98. The van der Waals surface area contributed by atoms with Crippen LogP contribution in [0.5, 0.6) is 5.75 Å². The van der Waals surface area contributed by atoms with Crippen molar-refractivity contribution in [2.24, 2.45) is 0 Å². The molecule has 0 radical (unpaired) electrons. The van der Waals surface area contributed by atoms with Gasteiger partial charge in [0.1, 0.15) is 11.6 Å². The van der Waals surface area contributed by atoms with E-state index in [0.29, 0.717) is 17.0 Å². The van der Waals surface area contributed by atoms with Gasteiger partial charge in [0, 0.05) is 11.4 Å². The quantitative estimate of drug-likeness (QED) is 0.801. The molecule has 0 aliphatic heterocycles. The first kappa shape index (κ1) is 12.2. The van der Waals surface area contributed by atoms with Crippen molar-refractivity contribution in [3.05, 3.63) is 63.4 Å². The molecule has 88 valence electrons. The van der Waals surface area contributed by atoms with E-state index in [4.69, 9.17) is 28.3 Å². The second-order valence-electron chi connectivity index (χ2n) is 3.66. The Morgan fingerprint density at radius 1 is 1.00 bits per heavy atom. The van der Waals surface area contributed by atoms with E-state index in [1.54, 1.807) is 24.3 Å². The highest BCUT2D eigenvalue weighted by atomic mass is 35.5. The van der Waals surface area contributed by atoms with E-state index in [9.17, 15) is 4.39 Å². The van der Waals surface area contributed by atoms with Gasteiger partial charge in [0.2, 0.25) is 0 Å². The van der Waals surface area contributed by atoms with Gasteiger partial charge in [-0.15, -0.1) is 0 Å². The molecule has 0 aromatic heterocycles. The van der Waals surface area contributed by atoms with E-state index >= 15 is 0 Å². The zero-order chi connectivity index (χ0) is 12.4. The monoisotopic (exact) mass is 270 g/mol. The van der Waals surface area contributed by atoms with Gasteiger partial charge < -0.3 is 5.11 Å². The van der Waals surface area contributed by atoms with Crippen molar-refractivity contribution in [3.63, 3.8) is 0 Å². The Kier molecular flexibility index (Phi) is 3.55. The van der Waals surface area contributed by atoms with Crippen LogP contribution >= 0.6 is 23.2 Å². The second kappa shape index (κ2) is 4.94. The second-order valence-corrected chi connectivity index (χ2v) is 4.45. The number of hydrogen-bond acceptors (Lipinski definition) is 1. The highest BCUT2D eigenvalue weighted by molar-refractivity contribution is 6.36. The lowest BCUT2D eigenvalue weighted by Gasteiger charge is -2.08. The predicted octanol–water partition coefficient (Wildman–Crippen LogP) is 4.43. The molecular formula is C13H9Cl2FO. The van der Waals surface area contributed by atoms with Gasteiger partial charge in [-0.2, -0.15) is 0 Å². The molecule has 0 spiro atoms. The van der Waals surface area contributed by atoms with E-state index in [1.165, 1.54) is 12.1 Å². The molecule has 1 nitrogen and oxygen atoms in total. The summed E-state index contributed by atoms with van der Waals surface area (Å²) in [4.78, 5) is 0. The molecule has 0 unspecified atom stereocenters. The molecule has 0 aliphatic rings. The Balaban J connectivity index is 2.36. The third-order valence-corrected chi connectivity index (χ3v) is 3.22. The van der Waals surface area contributed by atoms with Gasteiger partial charge in [-0.05, 0) is 35.4 Å². The molecule has 0 saturated carbocycles. The van der Waals surface area contributed by atoms with Crippen LogP contribution in [0.15, 0.2) is 36.4 Å². The molecule has 0 fully saturated rings. The SMILES string of the molecule is Oc1ccc(Cc2c(Cl)ccc(F)c2Cl)cc1. The van der Waals surface area contributed by atoms with Crippen LogP contribution in [-0.4, -0.2) is 5.11 Å². The van der Waals surface area contributed by atoms with Crippen LogP contribution in [0, 0.1) is 5.82 Å². The van der Waals surface area contributed by atoms with E-state index in [1.807, 2.05) is 0 Å². The maximum atomic E-state index is 13.3. The topological polar surface area (TPSA) is 20.2 Å². The molecule has 0 saturated heterocycles. The summed E-state index contributed by atoms with van der Waals surface area (Å²) >= 11 is 11.9. The number of phenols is 1. The molecule has 0 atom stereocenters. The van der Waals surface area contributed by atoms with Crippen molar-refractivity contribution < 1.29 is 9.50 Å². The third-order valence-electron chi connectivity index (χ3n) is 2.46.